The zero-order chi connectivity index (χ0) is 41.8. The molecule has 0 aromatic heterocycles. The third-order valence-electron chi connectivity index (χ3n) is 12.3. The van der Waals surface area contributed by atoms with Crippen molar-refractivity contribution >= 4 is 17.8 Å². The Bertz CT molecular complexity index is 1890. The molecule has 0 saturated carbocycles. The van der Waals surface area contributed by atoms with Gasteiger partial charge in [0.1, 0.15) is 12.2 Å². The highest BCUT2D eigenvalue weighted by Gasteiger charge is 2.57. The number of carbonyl (C=O) groups is 3. The van der Waals surface area contributed by atoms with Crippen LogP contribution < -0.4 is 14.8 Å². The second kappa shape index (κ2) is 18.3. The van der Waals surface area contributed by atoms with Gasteiger partial charge in [0.15, 0.2) is 17.3 Å². The molecule has 0 radical (unpaired) electrons. The number of likely N-dealkylation sites (tertiary alicyclic amines) is 1. The van der Waals surface area contributed by atoms with Crippen LogP contribution in [0.15, 0.2) is 84.0 Å². The van der Waals surface area contributed by atoms with E-state index < -0.39 is 47.7 Å². The van der Waals surface area contributed by atoms with E-state index in [0.29, 0.717) is 42.0 Å². The van der Waals surface area contributed by atoms with Gasteiger partial charge < -0.3 is 44.1 Å². The molecule has 3 N–H and O–H groups in total. The summed E-state index contributed by atoms with van der Waals surface area (Å²) in [7, 11) is 3.33. The Morgan fingerprint density at radius 1 is 1.03 bits per heavy atom. The van der Waals surface area contributed by atoms with Crippen molar-refractivity contribution in [3.8, 4) is 11.5 Å². The van der Waals surface area contributed by atoms with Crippen molar-refractivity contribution in [2.45, 2.75) is 102 Å². The van der Waals surface area contributed by atoms with Crippen molar-refractivity contribution in [3.05, 3.63) is 95.1 Å². The second-order valence-electron chi connectivity index (χ2n) is 16.7. The number of ketones is 1. The van der Waals surface area contributed by atoms with Crippen LogP contribution in [-0.2, 0) is 36.6 Å². The van der Waals surface area contributed by atoms with Gasteiger partial charge in [-0.2, -0.15) is 0 Å². The van der Waals surface area contributed by atoms with Gasteiger partial charge in [0.05, 0.1) is 32.2 Å². The lowest BCUT2D eigenvalue weighted by Crippen LogP contribution is -2.49. The standard InChI is InChI=1S/C46H60N2O10/c1-28(2)39-20-29(3)42-36(31(5)57-46(53,58-39)25-32-13-9-8-10-14-32)21-34(24-45(52)37(42)19-30(4)43(45)50)27-55-41(49)23-33-16-17-38(40(22-33)54-7)56-44(51)48-18-12-11-15-35(48)26-47-6/h8-10,13-14,16-17,19,21-22,29,31,35-37,39,42,47,52-53H,1,11-12,15,18,20,23-27H2,2-7H3/t29-,31+,35?,36?,37?,39?,42?,45?,46-/m1/s1. The predicted octanol–water partition coefficient (Wildman–Crippen LogP) is 6.09. The molecule has 2 aliphatic heterocycles. The zero-order valence-electron chi connectivity index (χ0n) is 34.7. The summed E-state index contributed by atoms with van der Waals surface area (Å²) in [4.78, 5) is 42.1. The van der Waals surface area contributed by atoms with E-state index in [9.17, 15) is 24.6 Å². The number of hydrogen-bond donors (Lipinski definition) is 3. The maximum absolute atomic E-state index is 13.8. The smallest absolute Gasteiger partial charge is 0.415 e. The Kier molecular flexibility index (Phi) is 13.6. The summed E-state index contributed by atoms with van der Waals surface area (Å²) in [5.41, 5.74) is 1.43. The maximum atomic E-state index is 13.8. The number of methoxy groups -OCH3 is 1. The van der Waals surface area contributed by atoms with Crippen molar-refractivity contribution in [1.29, 1.82) is 0 Å². The Hall–Kier alpha value is -4.33. The fourth-order valence-corrected chi connectivity index (χ4v) is 9.45. The van der Waals surface area contributed by atoms with Crippen molar-refractivity contribution in [2.24, 2.45) is 23.7 Å². The van der Waals surface area contributed by atoms with E-state index in [-0.39, 0.29) is 55.3 Å². The number of rotatable bonds is 11. The van der Waals surface area contributed by atoms with Crippen molar-refractivity contribution in [1.82, 2.24) is 10.2 Å². The molecule has 2 fully saturated rings. The van der Waals surface area contributed by atoms with Crippen LogP contribution in [0.5, 0.6) is 11.5 Å². The third kappa shape index (κ3) is 9.58. The Balaban J connectivity index is 1.22. The summed E-state index contributed by atoms with van der Waals surface area (Å²) in [6, 6.07) is 14.5. The van der Waals surface area contributed by atoms with Gasteiger partial charge in [0.2, 0.25) is 0 Å². The van der Waals surface area contributed by atoms with Gasteiger partial charge in [-0.25, -0.2) is 4.79 Å². The zero-order valence-corrected chi connectivity index (χ0v) is 34.7. The number of carbonyl (C=O) groups excluding carboxylic acids is 3. The van der Waals surface area contributed by atoms with Crippen LogP contribution in [0.4, 0.5) is 4.79 Å². The highest BCUT2D eigenvalue weighted by atomic mass is 16.8. The minimum atomic E-state index is -2.00. The minimum absolute atomic E-state index is 0.0289. The molecule has 2 heterocycles. The molecule has 0 bridgehead atoms. The molecular formula is C46H60N2O10. The molecule has 12 heteroatoms. The van der Waals surface area contributed by atoms with E-state index in [1.807, 2.05) is 63.4 Å². The SMILES string of the molecule is C=C(C)C1C[C@@H](C)C2C(C=C(COC(=O)Cc3ccc(OC(=O)N4CCCCC4CNC)c(OC)c3)CC3(O)C(=O)C(C)=CC23)[C@H](C)O[C@](O)(Cc2ccccc2)O1. The average Bonchev–Trinajstić information content (AvgIpc) is 3.33. The van der Waals surface area contributed by atoms with Gasteiger partial charge in [-0.05, 0) is 99.7 Å². The van der Waals surface area contributed by atoms with Gasteiger partial charge in [0.25, 0.3) is 5.97 Å². The molecule has 0 spiro atoms. The van der Waals surface area contributed by atoms with Crippen molar-refractivity contribution in [2.75, 3.05) is 33.9 Å². The number of Topliss-reactive ketones (excluding diaryl/α,β-unsaturated/α-hetero) is 1. The topological polar surface area (TPSA) is 153 Å². The molecule has 9 atom stereocenters. The lowest BCUT2D eigenvalue weighted by atomic mass is 9.67. The number of benzene rings is 2. The fourth-order valence-electron chi connectivity index (χ4n) is 9.45. The van der Waals surface area contributed by atoms with Crippen LogP contribution in [-0.4, -0.2) is 96.6 Å². The summed E-state index contributed by atoms with van der Waals surface area (Å²) in [6.45, 7) is 12.8. The number of piperidine rings is 1. The van der Waals surface area contributed by atoms with Gasteiger partial charge in [-0.15, -0.1) is 0 Å². The average molecular weight is 801 g/mol. The number of aliphatic hydroxyl groups is 2. The lowest BCUT2D eigenvalue weighted by Gasteiger charge is -2.40. The largest absolute Gasteiger partial charge is 0.493 e. The highest BCUT2D eigenvalue weighted by molar-refractivity contribution is 6.04. The Morgan fingerprint density at radius 3 is 2.50 bits per heavy atom. The molecule has 2 saturated heterocycles. The summed E-state index contributed by atoms with van der Waals surface area (Å²) in [5, 5.41) is 27.5. The number of amides is 1. The molecular weight excluding hydrogens is 741 g/mol. The lowest BCUT2D eigenvalue weighted by molar-refractivity contribution is -0.384. The first kappa shape index (κ1) is 43.3. The summed E-state index contributed by atoms with van der Waals surface area (Å²) < 4.78 is 30.1. The molecule has 6 unspecified atom stereocenters. The fraction of sp³-hybridized carbons (Fsp3) is 0.543. The van der Waals surface area contributed by atoms with Crippen molar-refractivity contribution < 1.29 is 48.3 Å². The predicted molar refractivity (Wildman–Crippen MR) is 218 cm³/mol. The molecule has 6 rings (SSSR count). The quantitative estimate of drug-likeness (QED) is 0.179. The Labute approximate surface area is 342 Å². The first-order chi connectivity index (χ1) is 27.6. The van der Waals surface area contributed by atoms with E-state index in [1.165, 1.54) is 7.11 Å². The molecule has 1 amide bonds. The van der Waals surface area contributed by atoms with E-state index >= 15 is 0 Å². The summed E-state index contributed by atoms with van der Waals surface area (Å²) >= 11 is 0. The van der Waals surface area contributed by atoms with E-state index in [0.717, 1.165) is 30.4 Å². The molecule has 2 aliphatic carbocycles. The first-order valence-electron chi connectivity index (χ1n) is 20.5. The molecule has 4 aliphatic rings. The van der Waals surface area contributed by atoms with Crippen LogP contribution in [0.3, 0.4) is 0 Å². The van der Waals surface area contributed by atoms with Crippen LogP contribution in [0.2, 0.25) is 0 Å². The first-order valence-corrected chi connectivity index (χ1v) is 20.5. The monoisotopic (exact) mass is 800 g/mol. The minimum Gasteiger partial charge on any atom is -0.493 e. The molecule has 12 nitrogen and oxygen atoms in total. The molecule has 2 aromatic rings. The van der Waals surface area contributed by atoms with Crippen LogP contribution >= 0.6 is 0 Å². The molecule has 2 aromatic carbocycles. The summed E-state index contributed by atoms with van der Waals surface area (Å²) in [5.74, 6) is -3.72. The van der Waals surface area contributed by atoms with Crippen LogP contribution in [0, 0.1) is 23.7 Å². The highest BCUT2D eigenvalue weighted by Crippen LogP contribution is 2.51. The van der Waals surface area contributed by atoms with Crippen molar-refractivity contribution in [3.63, 3.8) is 0 Å². The molecule has 58 heavy (non-hydrogen) atoms. The van der Waals surface area contributed by atoms with E-state index in [4.69, 9.17) is 23.7 Å². The third-order valence-corrected chi connectivity index (χ3v) is 12.3. The second-order valence-corrected chi connectivity index (χ2v) is 16.7. The number of likely N-dealkylation sites (N-methyl/N-ethyl adjacent to an activating group) is 1. The van der Waals surface area contributed by atoms with Gasteiger partial charge in [-0.3, -0.25) is 9.59 Å². The number of fused-ring (bicyclic) bond motifs is 3. The number of nitrogens with zero attached hydrogens (tertiary/aromatic N) is 1. The number of ether oxygens (including phenoxy) is 5. The number of nitrogens with one attached hydrogen (secondary N) is 1. The number of hydrogen-bond acceptors (Lipinski definition) is 11. The summed E-state index contributed by atoms with van der Waals surface area (Å²) in [6.07, 6.45) is 5.44. The van der Waals surface area contributed by atoms with Gasteiger partial charge >= 0.3 is 12.1 Å². The Morgan fingerprint density at radius 2 is 1.79 bits per heavy atom. The van der Waals surface area contributed by atoms with Gasteiger partial charge in [-0.1, -0.05) is 67.6 Å². The van der Waals surface area contributed by atoms with Crippen LogP contribution in [0.25, 0.3) is 0 Å². The van der Waals surface area contributed by atoms with Crippen LogP contribution in [0.1, 0.15) is 70.9 Å². The normalized spacial score (nSPS) is 31.3. The van der Waals surface area contributed by atoms with Gasteiger partial charge in [0, 0.05) is 37.4 Å². The number of esters is 1. The van der Waals surface area contributed by atoms with E-state index in [1.54, 1.807) is 30.0 Å². The van der Waals surface area contributed by atoms with E-state index in [2.05, 4.69) is 18.8 Å². The molecule has 314 valence electrons. The maximum Gasteiger partial charge on any atom is 0.415 e.